The number of nitrogens with zero attached hydrogens (tertiary/aromatic N) is 2. The molecule has 1 aliphatic heterocycles. The predicted molar refractivity (Wildman–Crippen MR) is 89.2 cm³/mol. The number of anilines is 1. The van der Waals surface area contributed by atoms with Crippen molar-refractivity contribution in [3.8, 4) is 0 Å². The summed E-state index contributed by atoms with van der Waals surface area (Å²) in [6.07, 6.45) is 4.41. The minimum Gasteiger partial charge on any atom is -0.370 e. The maximum atomic E-state index is 12.1. The van der Waals surface area contributed by atoms with E-state index >= 15 is 0 Å². The second kappa shape index (κ2) is 8.97. The van der Waals surface area contributed by atoms with Crippen LogP contribution in [0, 0.1) is 0 Å². The van der Waals surface area contributed by atoms with E-state index in [1.165, 1.54) is 6.92 Å². The van der Waals surface area contributed by atoms with E-state index in [4.69, 9.17) is 0 Å². The number of aromatic nitrogens is 1. The molecule has 1 aromatic rings. The number of nitrogens with one attached hydrogen (secondary N) is 3. The first-order valence-electron chi connectivity index (χ1n) is 8.10. The van der Waals surface area contributed by atoms with Gasteiger partial charge in [0.15, 0.2) is 0 Å². The molecule has 1 aliphatic rings. The Hall–Kier alpha value is -2.31. The van der Waals surface area contributed by atoms with Crippen LogP contribution in [0.1, 0.15) is 26.2 Å². The minimum atomic E-state index is -0.0575. The number of hydrogen-bond acceptors (Lipinski definition) is 4. The lowest BCUT2D eigenvalue weighted by molar-refractivity contribution is -0.119. The number of piperidine rings is 1. The van der Waals surface area contributed by atoms with Gasteiger partial charge in [0.25, 0.3) is 0 Å². The van der Waals surface area contributed by atoms with Gasteiger partial charge in [0.1, 0.15) is 5.82 Å². The number of likely N-dealkylation sites (tertiary alicyclic amines) is 1. The number of carbonyl (C=O) groups excluding carboxylic acids is 2. The van der Waals surface area contributed by atoms with Gasteiger partial charge in [0.2, 0.25) is 5.91 Å². The highest BCUT2D eigenvalue weighted by molar-refractivity contribution is 5.75. The standard InChI is InChI=1S/C16H25N5O2/c1-13(22)20-14-6-4-11-21(12-14)16(23)19-10-5-9-18-15-7-2-3-8-17-15/h2-3,7-8,14H,4-6,9-12H2,1H3,(H,17,18)(H,19,23)(H,20,22)/t14-/m0/s1. The van der Waals surface area contributed by atoms with Crippen molar-refractivity contribution in [3.05, 3.63) is 24.4 Å². The smallest absolute Gasteiger partial charge is 0.317 e. The average molecular weight is 319 g/mol. The van der Waals surface area contributed by atoms with E-state index in [0.29, 0.717) is 13.1 Å². The molecule has 23 heavy (non-hydrogen) atoms. The zero-order valence-corrected chi connectivity index (χ0v) is 13.5. The van der Waals surface area contributed by atoms with Crippen molar-refractivity contribution < 1.29 is 9.59 Å². The maximum Gasteiger partial charge on any atom is 0.317 e. The lowest BCUT2D eigenvalue weighted by Crippen LogP contribution is -2.52. The lowest BCUT2D eigenvalue weighted by atomic mass is 10.1. The second-order valence-electron chi connectivity index (χ2n) is 5.71. The minimum absolute atomic E-state index is 0.0437. The fraction of sp³-hybridized carbons (Fsp3) is 0.562. The molecule has 0 saturated carbocycles. The van der Waals surface area contributed by atoms with Gasteiger partial charge >= 0.3 is 6.03 Å². The topological polar surface area (TPSA) is 86.4 Å². The van der Waals surface area contributed by atoms with Crippen molar-refractivity contribution >= 4 is 17.8 Å². The molecule has 7 heteroatoms. The quantitative estimate of drug-likeness (QED) is 0.688. The number of amides is 3. The molecule has 2 rings (SSSR count). The Bertz CT molecular complexity index is 508. The van der Waals surface area contributed by atoms with Gasteiger partial charge in [0.05, 0.1) is 0 Å². The van der Waals surface area contributed by atoms with Gasteiger partial charge in [0, 0.05) is 45.3 Å². The third kappa shape index (κ3) is 6.14. The van der Waals surface area contributed by atoms with Crippen LogP contribution < -0.4 is 16.0 Å². The summed E-state index contributed by atoms with van der Waals surface area (Å²) in [5.74, 6) is 0.797. The highest BCUT2D eigenvalue weighted by atomic mass is 16.2. The number of carbonyl (C=O) groups is 2. The molecule has 0 radical (unpaired) electrons. The van der Waals surface area contributed by atoms with Crippen LogP contribution in [0.5, 0.6) is 0 Å². The zero-order valence-electron chi connectivity index (χ0n) is 13.5. The van der Waals surface area contributed by atoms with E-state index in [9.17, 15) is 9.59 Å². The third-order valence-corrected chi connectivity index (χ3v) is 3.72. The van der Waals surface area contributed by atoms with Crippen LogP contribution in [0.15, 0.2) is 24.4 Å². The average Bonchev–Trinajstić information content (AvgIpc) is 2.55. The van der Waals surface area contributed by atoms with Crippen LogP contribution in [0.2, 0.25) is 0 Å². The summed E-state index contributed by atoms with van der Waals surface area (Å²) in [5, 5.41) is 9.01. The Kier molecular flexibility index (Phi) is 6.65. The summed E-state index contributed by atoms with van der Waals surface area (Å²) in [6, 6.07) is 5.72. The van der Waals surface area contributed by atoms with Crippen molar-refractivity contribution in [2.24, 2.45) is 0 Å². The van der Waals surface area contributed by atoms with Crippen molar-refractivity contribution in [1.29, 1.82) is 0 Å². The summed E-state index contributed by atoms with van der Waals surface area (Å²) < 4.78 is 0. The Morgan fingerprint density at radius 3 is 2.96 bits per heavy atom. The molecule has 2 heterocycles. The van der Waals surface area contributed by atoms with Crippen molar-refractivity contribution in [2.45, 2.75) is 32.2 Å². The van der Waals surface area contributed by atoms with Gasteiger partial charge in [-0.1, -0.05) is 6.07 Å². The summed E-state index contributed by atoms with van der Waals surface area (Å²) in [7, 11) is 0. The molecule has 3 N–H and O–H groups in total. The normalized spacial score (nSPS) is 17.4. The third-order valence-electron chi connectivity index (χ3n) is 3.72. The molecule has 1 fully saturated rings. The van der Waals surface area contributed by atoms with Crippen LogP contribution >= 0.6 is 0 Å². The van der Waals surface area contributed by atoms with Crippen LogP contribution in [-0.2, 0) is 4.79 Å². The van der Waals surface area contributed by atoms with Crippen molar-refractivity contribution in [1.82, 2.24) is 20.5 Å². The molecule has 1 atom stereocenters. The fourth-order valence-corrected chi connectivity index (χ4v) is 2.65. The summed E-state index contributed by atoms with van der Waals surface area (Å²) in [5.41, 5.74) is 0. The van der Waals surface area contributed by atoms with Gasteiger partial charge in [-0.05, 0) is 31.4 Å². The lowest BCUT2D eigenvalue weighted by Gasteiger charge is -2.33. The molecule has 7 nitrogen and oxygen atoms in total. The molecule has 1 saturated heterocycles. The molecule has 0 aliphatic carbocycles. The molecular weight excluding hydrogens is 294 g/mol. The highest BCUT2D eigenvalue weighted by Gasteiger charge is 2.23. The van der Waals surface area contributed by atoms with Crippen LogP contribution in [-0.4, -0.2) is 54.0 Å². The number of urea groups is 1. The van der Waals surface area contributed by atoms with E-state index in [-0.39, 0.29) is 18.0 Å². The van der Waals surface area contributed by atoms with Gasteiger partial charge < -0.3 is 20.9 Å². The van der Waals surface area contributed by atoms with Gasteiger partial charge in [-0.25, -0.2) is 9.78 Å². The van der Waals surface area contributed by atoms with Gasteiger partial charge in [-0.3, -0.25) is 4.79 Å². The molecule has 0 unspecified atom stereocenters. The summed E-state index contributed by atoms with van der Waals surface area (Å²) in [6.45, 7) is 4.20. The van der Waals surface area contributed by atoms with Gasteiger partial charge in [-0.15, -0.1) is 0 Å². The van der Waals surface area contributed by atoms with E-state index < -0.39 is 0 Å². The Morgan fingerprint density at radius 2 is 2.22 bits per heavy atom. The molecule has 0 aromatic carbocycles. The van der Waals surface area contributed by atoms with E-state index in [2.05, 4.69) is 20.9 Å². The van der Waals surface area contributed by atoms with Crippen molar-refractivity contribution in [3.63, 3.8) is 0 Å². The largest absolute Gasteiger partial charge is 0.370 e. The Labute approximate surface area is 136 Å². The molecule has 0 bridgehead atoms. The number of hydrogen-bond donors (Lipinski definition) is 3. The first-order valence-corrected chi connectivity index (χ1v) is 8.10. The van der Waals surface area contributed by atoms with Gasteiger partial charge in [-0.2, -0.15) is 0 Å². The molecular formula is C16H25N5O2. The Morgan fingerprint density at radius 1 is 1.35 bits per heavy atom. The summed E-state index contributed by atoms with van der Waals surface area (Å²) in [4.78, 5) is 29.2. The predicted octanol–water partition coefficient (Wildman–Crippen LogP) is 1.19. The molecule has 1 aromatic heterocycles. The van der Waals surface area contributed by atoms with E-state index in [1.807, 2.05) is 18.2 Å². The Balaban J connectivity index is 1.61. The molecule has 126 valence electrons. The maximum absolute atomic E-state index is 12.1. The van der Waals surface area contributed by atoms with Crippen LogP contribution in [0.4, 0.5) is 10.6 Å². The van der Waals surface area contributed by atoms with Crippen LogP contribution in [0.25, 0.3) is 0 Å². The van der Waals surface area contributed by atoms with Crippen LogP contribution in [0.3, 0.4) is 0 Å². The van der Waals surface area contributed by atoms with E-state index in [0.717, 1.165) is 38.2 Å². The first-order chi connectivity index (χ1) is 11.1. The SMILES string of the molecule is CC(=O)N[C@H]1CCCN(C(=O)NCCCNc2ccccn2)C1. The first kappa shape index (κ1) is 17.1. The summed E-state index contributed by atoms with van der Waals surface area (Å²) >= 11 is 0. The number of pyridine rings is 1. The number of rotatable bonds is 6. The highest BCUT2D eigenvalue weighted by Crippen LogP contribution is 2.10. The van der Waals surface area contributed by atoms with E-state index in [1.54, 1.807) is 11.1 Å². The molecule has 0 spiro atoms. The molecule has 3 amide bonds. The zero-order chi connectivity index (χ0) is 16.5. The van der Waals surface area contributed by atoms with Crippen molar-refractivity contribution in [2.75, 3.05) is 31.5 Å². The second-order valence-corrected chi connectivity index (χ2v) is 5.71. The monoisotopic (exact) mass is 319 g/mol. The fourth-order valence-electron chi connectivity index (χ4n) is 2.65.